The van der Waals surface area contributed by atoms with Gasteiger partial charge in [0.2, 0.25) is 0 Å². The number of ether oxygens (including phenoxy) is 4. The number of nitro benzene ring substituents is 1. The molecule has 0 fully saturated rings. The number of carbonyl (C=O) groups excluding carboxylic acids is 2. The lowest BCUT2D eigenvalue weighted by Crippen LogP contribution is -2.12. The van der Waals surface area contributed by atoms with Crippen molar-refractivity contribution in [3.63, 3.8) is 0 Å². The van der Waals surface area contributed by atoms with Gasteiger partial charge in [-0.2, -0.15) is 0 Å². The van der Waals surface area contributed by atoms with E-state index in [4.69, 9.17) is 30.4 Å². The van der Waals surface area contributed by atoms with Crippen LogP contribution in [0.5, 0.6) is 23.0 Å². The van der Waals surface area contributed by atoms with Crippen LogP contribution in [0.1, 0.15) is 54.3 Å². The first-order valence-electron chi connectivity index (χ1n) is 14.9. The number of esters is 2. The number of nitrogens with zero attached hydrogens (tertiary/aromatic N) is 2. The van der Waals surface area contributed by atoms with Gasteiger partial charge in [-0.1, -0.05) is 27.2 Å². The highest BCUT2D eigenvalue weighted by atomic mass is 16.6. The van der Waals surface area contributed by atoms with Crippen LogP contribution in [0.15, 0.2) is 84.9 Å². The number of anilines is 3. The molecule has 4 aromatic carbocycles. The number of carbonyl (C=O) groups is 2. The summed E-state index contributed by atoms with van der Waals surface area (Å²) in [7, 11) is 5.35. The van der Waals surface area contributed by atoms with Crippen molar-refractivity contribution in [2.75, 3.05) is 44.2 Å². The van der Waals surface area contributed by atoms with Crippen LogP contribution in [0.4, 0.5) is 22.7 Å². The molecule has 0 unspecified atom stereocenters. The Morgan fingerprint density at radius 3 is 2.00 bits per heavy atom. The number of unbranched alkanes of at least 4 members (excludes halogenated alkanes) is 1. The number of non-ortho nitro benzene ring substituents is 1. The van der Waals surface area contributed by atoms with Gasteiger partial charge in [-0.25, -0.2) is 9.59 Å². The van der Waals surface area contributed by atoms with E-state index in [2.05, 4.69) is 6.92 Å². The molecule has 47 heavy (non-hydrogen) atoms. The molecule has 0 spiro atoms. The standard InChI is InChI=1S/C21H16N2O7.C12H20N2O.C2H6/c1-28-19-12-17(30-20(24)13-2-4-14(22)5-3-13)10-11-18(19)21(25)29-16-8-6-15(7-9-16)23(26)27;1-4-5-8-15-12-9-10(14(2)3)6-7-11(12)13;1-2/h2-12H,22H2,1H3;6-7,9H,4-5,8,13H2,1-3H3;1-2H3. The quantitative estimate of drug-likeness (QED) is 0.0423. The molecule has 0 amide bonds. The van der Waals surface area contributed by atoms with Gasteiger partial charge in [0.1, 0.15) is 28.6 Å². The Bertz CT molecular complexity index is 1610. The molecule has 12 heteroatoms. The lowest BCUT2D eigenvalue weighted by Gasteiger charge is -2.15. The number of benzene rings is 4. The molecule has 0 aliphatic heterocycles. The minimum absolute atomic E-state index is 0.0862. The first-order valence-corrected chi connectivity index (χ1v) is 14.9. The average molecular weight is 647 g/mol. The number of nitrogen functional groups attached to an aromatic ring is 2. The fourth-order valence-corrected chi connectivity index (χ4v) is 3.74. The van der Waals surface area contributed by atoms with E-state index in [9.17, 15) is 19.7 Å². The SMILES string of the molecule is CC.CCCCOc1cc(N(C)C)ccc1N.COc1cc(OC(=O)c2ccc(N)cc2)ccc1C(=O)Oc1ccc([N+](=O)[O-])cc1. The Hall–Kier alpha value is -5.78. The fourth-order valence-electron chi connectivity index (χ4n) is 3.74. The Kier molecular flexibility index (Phi) is 15.0. The van der Waals surface area contributed by atoms with Gasteiger partial charge >= 0.3 is 11.9 Å². The van der Waals surface area contributed by atoms with E-state index in [1.807, 2.05) is 51.0 Å². The van der Waals surface area contributed by atoms with Crippen LogP contribution >= 0.6 is 0 Å². The van der Waals surface area contributed by atoms with Gasteiger partial charge in [0.25, 0.3) is 5.69 Å². The van der Waals surface area contributed by atoms with Crippen molar-refractivity contribution in [1.82, 2.24) is 0 Å². The monoisotopic (exact) mass is 646 g/mol. The molecule has 4 aromatic rings. The van der Waals surface area contributed by atoms with E-state index in [0.29, 0.717) is 16.9 Å². The van der Waals surface area contributed by atoms with Gasteiger partial charge in [-0.15, -0.1) is 0 Å². The van der Waals surface area contributed by atoms with Gasteiger partial charge in [-0.3, -0.25) is 10.1 Å². The largest absolute Gasteiger partial charge is 0.496 e. The predicted octanol–water partition coefficient (Wildman–Crippen LogP) is 7.16. The minimum Gasteiger partial charge on any atom is -0.496 e. The van der Waals surface area contributed by atoms with Crippen molar-refractivity contribution in [3.8, 4) is 23.0 Å². The Labute approximate surface area is 274 Å². The molecule has 0 saturated carbocycles. The molecule has 4 rings (SSSR count). The number of methoxy groups -OCH3 is 1. The second kappa shape index (κ2) is 18.9. The predicted molar refractivity (Wildman–Crippen MR) is 184 cm³/mol. The van der Waals surface area contributed by atoms with Crippen molar-refractivity contribution in [1.29, 1.82) is 0 Å². The number of rotatable bonds is 11. The van der Waals surface area contributed by atoms with Crippen LogP contribution < -0.4 is 35.3 Å². The van der Waals surface area contributed by atoms with Crippen LogP contribution in [0, 0.1) is 10.1 Å². The average Bonchev–Trinajstić information content (AvgIpc) is 3.07. The zero-order valence-electron chi connectivity index (χ0n) is 27.5. The van der Waals surface area contributed by atoms with E-state index in [1.165, 1.54) is 61.7 Å². The fraction of sp³-hybridized carbons (Fsp3) is 0.257. The first kappa shape index (κ1) is 37.4. The van der Waals surface area contributed by atoms with Gasteiger partial charge in [0.15, 0.2) is 0 Å². The van der Waals surface area contributed by atoms with Crippen LogP contribution in [-0.2, 0) is 0 Å². The third-order valence-electron chi connectivity index (χ3n) is 6.28. The lowest BCUT2D eigenvalue weighted by molar-refractivity contribution is -0.384. The number of hydrogen-bond acceptors (Lipinski definition) is 11. The van der Waals surface area contributed by atoms with Gasteiger partial charge < -0.3 is 35.3 Å². The Morgan fingerprint density at radius 1 is 0.809 bits per heavy atom. The van der Waals surface area contributed by atoms with E-state index < -0.39 is 16.9 Å². The normalized spacial score (nSPS) is 9.83. The van der Waals surface area contributed by atoms with Crippen molar-refractivity contribution >= 4 is 34.7 Å². The molecule has 12 nitrogen and oxygen atoms in total. The van der Waals surface area contributed by atoms with Crippen LogP contribution in [-0.4, -0.2) is 44.7 Å². The van der Waals surface area contributed by atoms with Crippen molar-refractivity contribution in [3.05, 3.63) is 106 Å². The van der Waals surface area contributed by atoms with E-state index in [1.54, 1.807) is 12.1 Å². The summed E-state index contributed by atoms with van der Waals surface area (Å²) in [5, 5.41) is 10.7. The maximum atomic E-state index is 12.4. The lowest BCUT2D eigenvalue weighted by atomic mass is 10.2. The Balaban J connectivity index is 0.000000380. The van der Waals surface area contributed by atoms with Crippen molar-refractivity contribution < 1.29 is 33.5 Å². The summed E-state index contributed by atoms with van der Waals surface area (Å²) in [5.41, 5.74) is 14.0. The Morgan fingerprint density at radius 2 is 1.43 bits per heavy atom. The van der Waals surface area contributed by atoms with Crippen molar-refractivity contribution in [2.45, 2.75) is 33.6 Å². The van der Waals surface area contributed by atoms with E-state index in [-0.39, 0.29) is 28.5 Å². The zero-order valence-corrected chi connectivity index (χ0v) is 27.5. The molecule has 0 bridgehead atoms. The minimum atomic E-state index is -0.739. The highest BCUT2D eigenvalue weighted by Crippen LogP contribution is 2.28. The molecule has 0 aliphatic carbocycles. The smallest absolute Gasteiger partial charge is 0.347 e. The molecule has 250 valence electrons. The second-order valence-electron chi connectivity index (χ2n) is 9.83. The third-order valence-corrected chi connectivity index (χ3v) is 6.28. The second-order valence-corrected chi connectivity index (χ2v) is 9.83. The molecule has 0 aromatic heterocycles. The maximum absolute atomic E-state index is 12.4. The third kappa shape index (κ3) is 11.6. The number of nitro groups is 1. The maximum Gasteiger partial charge on any atom is 0.347 e. The molecule has 0 aliphatic rings. The molecule has 0 heterocycles. The van der Waals surface area contributed by atoms with Crippen LogP contribution in [0.3, 0.4) is 0 Å². The van der Waals surface area contributed by atoms with Gasteiger partial charge in [0, 0.05) is 49.7 Å². The van der Waals surface area contributed by atoms with Gasteiger partial charge in [-0.05, 0) is 67.1 Å². The summed E-state index contributed by atoms with van der Waals surface area (Å²) in [5.74, 6) is -0.124. The summed E-state index contributed by atoms with van der Waals surface area (Å²) in [6.07, 6.45) is 2.19. The van der Waals surface area contributed by atoms with Gasteiger partial charge in [0.05, 0.1) is 29.9 Å². The molecule has 0 saturated heterocycles. The zero-order chi connectivity index (χ0) is 34.9. The molecular weight excluding hydrogens is 604 g/mol. The number of hydrogen-bond donors (Lipinski definition) is 2. The molecule has 4 N–H and O–H groups in total. The molecule has 0 atom stereocenters. The van der Waals surface area contributed by atoms with Crippen LogP contribution in [0.25, 0.3) is 0 Å². The first-order chi connectivity index (χ1) is 22.5. The highest BCUT2D eigenvalue weighted by molar-refractivity contribution is 5.95. The summed E-state index contributed by atoms with van der Waals surface area (Å²) in [4.78, 5) is 36.8. The summed E-state index contributed by atoms with van der Waals surface area (Å²) in [6, 6.07) is 21.3. The summed E-state index contributed by atoms with van der Waals surface area (Å²) in [6.45, 7) is 6.88. The molecular formula is C35H42N4O8. The van der Waals surface area contributed by atoms with Crippen LogP contribution in [0.2, 0.25) is 0 Å². The van der Waals surface area contributed by atoms with Crippen molar-refractivity contribution in [2.24, 2.45) is 0 Å². The molecule has 0 radical (unpaired) electrons. The summed E-state index contributed by atoms with van der Waals surface area (Å²) < 4.78 is 21.3. The topological polar surface area (TPSA) is 169 Å². The number of nitrogens with two attached hydrogens (primary N) is 2. The highest BCUT2D eigenvalue weighted by Gasteiger charge is 2.18. The summed E-state index contributed by atoms with van der Waals surface area (Å²) >= 11 is 0. The van der Waals surface area contributed by atoms with E-state index >= 15 is 0 Å². The van der Waals surface area contributed by atoms with E-state index in [0.717, 1.165) is 30.9 Å².